The van der Waals surface area contributed by atoms with E-state index in [1.165, 1.54) is 23.5 Å². The first-order valence-electron chi connectivity index (χ1n) is 10.5. The van der Waals surface area contributed by atoms with Crippen molar-refractivity contribution >= 4 is 32.8 Å². The van der Waals surface area contributed by atoms with E-state index in [0.29, 0.717) is 38.3 Å². The van der Waals surface area contributed by atoms with Gasteiger partial charge in [0.25, 0.3) is 5.91 Å². The molecule has 1 atom stereocenters. The largest absolute Gasteiger partial charge is 0.368 e. The first-order chi connectivity index (χ1) is 15.4. The van der Waals surface area contributed by atoms with Crippen molar-refractivity contribution < 1.29 is 17.6 Å². The lowest BCUT2D eigenvalue weighted by Crippen LogP contribution is -2.48. The minimum atomic E-state index is -3.08. The minimum Gasteiger partial charge on any atom is -0.368 e. The fourth-order valence-electron chi connectivity index (χ4n) is 4.34. The Morgan fingerprint density at radius 2 is 1.84 bits per heavy atom. The van der Waals surface area contributed by atoms with E-state index in [4.69, 9.17) is 0 Å². The molecule has 168 valence electrons. The SMILES string of the molecule is O=C(c1cc(-c2cccs2)n(C2CCS(=O)(=O)C2)n1)N1CCN(c2ccc(F)cc2)CC1. The number of amides is 1. The van der Waals surface area contributed by atoms with Crippen LogP contribution in [0.25, 0.3) is 10.6 Å². The summed E-state index contributed by atoms with van der Waals surface area (Å²) in [7, 11) is -3.08. The molecule has 0 spiro atoms. The molecule has 1 aromatic carbocycles. The molecule has 2 saturated heterocycles. The molecular formula is C22H23FN4O3S2. The van der Waals surface area contributed by atoms with Crippen LogP contribution >= 0.6 is 11.3 Å². The number of sulfone groups is 1. The smallest absolute Gasteiger partial charge is 0.274 e. The van der Waals surface area contributed by atoms with Gasteiger partial charge in [-0.1, -0.05) is 6.07 Å². The topological polar surface area (TPSA) is 75.5 Å². The molecule has 0 aliphatic carbocycles. The Balaban J connectivity index is 1.35. The molecule has 32 heavy (non-hydrogen) atoms. The highest BCUT2D eigenvalue weighted by molar-refractivity contribution is 7.91. The van der Waals surface area contributed by atoms with Gasteiger partial charge in [0.15, 0.2) is 15.5 Å². The summed E-state index contributed by atoms with van der Waals surface area (Å²) in [5.74, 6) is -0.219. The summed E-state index contributed by atoms with van der Waals surface area (Å²) in [6.07, 6.45) is 0.506. The van der Waals surface area contributed by atoms with Gasteiger partial charge >= 0.3 is 0 Å². The number of benzene rings is 1. The van der Waals surface area contributed by atoms with Crippen molar-refractivity contribution in [3.63, 3.8) is 0 Å². The van der Waals surface area contributed by atoms with Crippen LogP contribution in [0.3, 0.4) is 0 Å². The van der Waals surface area contributed by atoms with Gasteiger partial charge in [0.05, 0.1) is 28.1 Å². The first kappa shape index (κ1) is 21.1. The molecule has 1 unspecified atom stereocenters. The molecule has 0 saturated carbocycles. The third-order valence-electron chi connectivity index (χ3n) is 6.04. The Labute approximate surface area is 190 Å². The molecule has 3 aromatic rings. The molecule has 5 rings (SSSR count). The summed E-state index contributed by atoms with van der Waals surface area (Å²) in [5, 5.41) is 6.54. The molecule has 10 heteroatoms. The van der Waals surface area contributed by atoms with Gasteiger partial charge in [-0.15, -0.1) is 11.3 Å². The molecule has 0 radical (unpaired) electrons. The predicted octanol–water partition coefficient (Wildman–Crippen LogP) is 3.07. The lowest BCUT2D eigenvalue weighted by atomic mass is 10.2. The monoisotopic (exact) mass is 474 g/mol. The zero-order valence-electron chi connectivity index (χ0n) is 17.4. The van der Waals surface area contributed by atoms with Gasteiger partial charge in [0.1, 0.15) is 5.82 Å². The van der Waals surface area contributed by atoms with Crippen LogP contribution in [0.5, 0.6) is 0 Å². The normalized spacial score (nSPS) is 20.6. The second kappa shape index (κ2) is 8.32. The maximum absolute atomic E-state index is 13.2. The second-order valence-electron chi connectivity index (χ2n) is 8.15. The quantitative estimate of drug-likeness (QED) is 0.581. The van der Waals surface area contributed by atoms with Gasteiger partial charge in [-0.05, 0) is 48.2 Å². The van der Waals surface area contributed by atoms with Crippen LogP contribution in [0.15, 0.2) is 47.8 Å². The summed E-state index contributed by atoms with van der Waals surface area (Å²) in [5.41, 5.74) is 2.06. The van der Waals surface area contributed by atoms with Crippen LogP contribution in [0.4, 0.5) is 10.1 Å². The van der Waals surface area contributed by atoms with Crippen LogP contribution < -0.4 is 4.90 Å². The van der Waals surface area contributed by atoms with Crippen molar-refractivity contribution in [2.75, 3.05) is 42.6 Å². The summed E-state index contributed by atoms with van der Waals surface area (Å²) < 4.78 is 39.0. The van der Waals surface area contributed by atoms with Crippen LogP contribution in [0.1, 0.15) is 23.0 Å². The third-order valence-corrected chi connectivity index (χ3v) is 8.68. The molecule has 7 nitrogen and oxygen atoms in total. The van der Waals surface area contributed by atoms with E-state index >= 15 is 0 Å². The lowest BCUT2D eigenvalue weighted by Gasteiger charge is -2.35. The number of halogens is 1. The summed E-state index contributed by atoms with van der Waals surface area (Å²) in [6, 6.07) is 11.8. The van der Waals surface area contributed by atoms with Gasteiger partial charge < -0.3 is 9.80 Å². The first-order valence-corrected chi connectivity index (χ1v) is 13.2. The number of rotatable bonds is 4. The minimum absolute atomic E-state index is 0.0526. The lowest BCUT2D eigenvalue weighted by molar-refractivity contribution is 0.0739. The number of hydrogen-bond acceptors (Lipinski definition) is 6. The number of aromatic nitrogens is 2. The van der Waals surface area contributed by atoms with Crippen molar-refractivity contribution in [3.8, 4) is 10.6 Å². The molecule has 0 bridgehead atoms. The predicted molar refractivity (Wildman–Crippen MR) is 122 cm³/mol. The highest BCUT2D eigenvalue weighted by Crippen LogP contribution is 2.32. The Kier molecular flexibility index (Phi) is 5.50. The van der Waals surface area contributed by atoms with Gasteiger partial charge in [0, 0.05) is 31.9 Å². The maximum atomic E-state index is 13.2. The van der Waals surface area contributed by atoms with Crippen LogP contribution in [-0.4, -0.2) is 66.7 Å². The zero-order valence-corrected chi connectivity index (χ0v) is 19.0. The Morgan fingerprint density at radius 3 is 2.47 bits per heavy atom. The summed E-state index contributed by atoms with van der Waals surface area (Å²) in [4.78, 5) is 18.1. The number of anilines is 1. The molecule has 1 amide bonds. The number of carbonyl (C=O) groups is 1. The highest BCUT2D eigenvalue weighted by Gasteiger charge is 2.33. The number of thiophene rings is 1. The standard InChI is InChI=1S/C22H23FN4O3S2/c23-16-3-5-17(6-4-16)25-8-10-26(11-9-25)22(28)19-14-20(21-2-1-12-31-21)27(24-19)18-7-13-32(29,30)15-18/h1-6,12,14,18H,7-11,13,15H2. The number of hydrogen-bond donors (Lipinski definition) is 0. The molecule has 2 aromatic heterocycles. The van der Waals surface area contributed by atoms with E-state index in [1.54, 1.807) is 27.8 Å². The van der Waals surface area contributed by atoms with Crippen molar-refractivity contribution in [1.82, 2.24) is 14.7 Å². The molecule has 0 N–H and O–H groups in total. The van der Waals surface area contributed by atoms with E-state index in [9.17, 15) is 17.6 Å². The van der Waals surface area contributed by atoms with Crippen LogP contribution in [0, 0.1) is 5.82 Å². The van der Waals surface area contributed by atoms with Crippen LogP contribution in [-0.2, 0) is 9.84 Å². The number of piperazine rings is 1. The average Bonchev–Trinajstić information content (AvgIpc) is 3.53. The molecular weight excluding hydrogens is 451 g/mol. The van der Waals surface area contributed by atoms with E-state index in [0.717, 1.165) is 16.3 Å². The third kappa shape index (κ3) is 4.16. The molecule has 2 aliphatic rings. The second-order valence-corrected chi connectivity index (χ2v) is 11.3. The van der Waals surface area contributed by atoms with Crippen molar-refractivity contribution in [2.24, 2.45) is 0 Å². The van der Waals surface area contributed by atoms with E-state index < -0.39 is 9.84 Å². The van der Waals surface area contributed by atoms with Crippen molar-refractivity contribution in [2.45, 2.75) is 12.5 Å². The Morgan fingerprint density at radius 1 is 1.09 bits per heavy atom. The molecule has 2 aliphatic heterocycles. The highest BCUT2D eigenvalue weighted by atomic mass is 32.2. The fraction of sp³-hybridized carbons (Fsp3) is 0.364. The van der Waals surface area contributed by atoms with Gasteiger partial charge in [0.2, 0.25) is 0 Å². The number of carbonyl (C=O) groups excluding carboxylic acids is 1. The van der Waals surface area contributed by atoms with Crippen molar-refractivity contribution in [3.05, 3.63) is 59.4 Å². The average molecular weight is 475 g/mol. The summed E-state index contributed by atoms with van der Waals surface area (Å²) >= 11 is 1.54. The molecule has 4 heterocycles. The van der Waals surface area contributed by atoms with Gasteiger partial charge in [-0.3, -0.25) is 9.48 Å². The van der Waals surface area contributed by atoms with Crippen molar-refractivity contribution in [1.29, 1.82) is 0 Å². The van der Waals surface area contributed by atoms with E-state index in [2.05, 4.69) is 10.00 Å². The maximum Gasteiger partial charge on any atom is 0.274 e. The zero-order chi connectivity index (χ0) is 22.3. The van der Waals surface area contributed by atoms with E-state index in [1.807, 2.05) is 17.5 Å². The van der Waals surface area contributed by atoms with E-state index in [-0.39, 0.29) is 29.3 Å². The fourth-order valence-corrected chi connectivity index (χ4v) is 6.76. The van der Waals surface area contributed by atoms with Gasteiger partial charge in [-0.2, -0.15) is 5.10 Å². The van der Waals surface area contributed by atoms with Gasteiger partial charge in [-0.25, -0.2) is 12.8 Å². The Bertz CT molecular complexity index is 1210. The Hall–Kier alpha value is -2.72. The summed E-state index contributed by atoms with van der Waals surface area (Å²) in [6.45, 7) is 2.37. The van der Waals surface area contributed by atoms with Crippen LogP contribution in [0.2, 0.25) is 0 Å². The number of nitrogens with zero attached hydrogens (tertiary/aromatic N) is 4. The molecule has 2 fully saturated rings.